The minimum Gasteiger partial charge on any atom is -0.548 e. The SMILES string of the molecule is CCCCCCCCCCCC(=O)N(C)CC(=O)[O-].CCCCCCCCCCCC(=O)N[C@@H](CCC(=O)O)C(=O)[O-].[Na+].[Na+]. The zero-order valence-corrected chi connectivity index (χ0v) is 32.6. The maximum atomic E-state index is 11.7. The molecule has 0 aliphatic rings. The summed E-state index contributed by atoms with van der Waals surface area (Å²) >= 11 is 0. The standard InChI is InChI=1S/C17H31NO5.C15H29NO3.2Na/c1-2-3-4-5-6-7-8-9-10-11-15(19)18-14(17(22)23)12-13-16(20)21;1-3-4-5-6-7-8-9-10-11-12-14(17)16(2)13-15(18)19;;/h14H,2-13H2,1H3,(H,18,19)(H,20,21)(H,22,23);3-13H2,1-2H3,(H,18,19);;/q;;2*+1/p-2/t14-;;;/m0.../s1. The van der Waals surface area contributed by atoms with E-state index in [4.69, 9.17) is 5.11 Å². The minimum atomic E-state index is -1.44. The third kappa shape index (κ3) is 37.5. The second-order valence-electron chi connectivity index (χ2n) is 11.2. The van der Waals surface area contributed by atoms with Crippen molar-refractivity contribution in [3.63, 3.8) is 0 Å². The number of likely N-dealkylation sites (N-methyl/N-ethyl adjacent to an activating group) is 1. The van der Waals surface area contributed by atoms with E-state index in [-0.39, 0.29) is 96.7 Å². The van der Waals surface area contributed by atoms with Crippen molar-refractivity contribution in [1.82, 2.24) is 10.2 Å². The number of hydrogen-bond acceptors (Lipinski definition) is 7. The molecule has 0 bridgehead atoms. The first-order chi connectivity index (χ1) is 20.0. The molecule has 2 N–H and O–H groups in total. The summed E-state index contributed by atoms with van der Waals surface area (Å²) in [6.07, 6.45) is 21.4. The van der Waals surface area contributed by atoms with E-state index in [9.17, 15) is 34.2 Å². The number of carboxylic acid groups (broad SMARTS) is 3. The molecule has 0 aliphatic heterocycles. The summed E-state index contributed by atoms with van der Waals surface area (Å²) in [5, 5.41) is 32.1. The van der Waals surface area contributed by atoms with Crippen molar-refractivity contribution in [2.75, 3.05) is 13.6 Å². The predicted molar refractivity (Wildman–Crippen MR) is 160 cm³/mol. The molecule has 0 saturated carbocycles. The Morgan fingerprint density at radius 1 is 0.636 bits per heavy atom. The van der Waals surface area contributed by atoms with Gasteiger partial charge in [-0.25, -0.2) is 0 Å². The summed E-state index contributed by atoms with van der Waals surface area (Å²) in [7, 11) is 1.51. The predicted octanol–water partition coefficient (Wildman–Crippen LogP) is -1.87. The second-order valence-corrected chi connectivity index (χ2v) is 11.2. The Morgan fingerprint density at radius 3 is 1.39 bits per heavy atom. The number of aliphatic carboxylic acids is 3. The molecule has 0 unspecified atom stereocenters. The van der Waals surface area contributed by atoms with Crippen molar-refractivity contribution < 1.29 is 98.4 Å². The number of rotatable bonds is 27. The molecular weight excluding hydrogens is 586 g/mol. The minimum absolute atomic E-state index is 0. The van der Waals surface area contributed by atoms with Gasteiger partial charge in [-0.05, 0) is 19.3 Å². The Kier molecular flexibility index (Phi) is 42.0. The molecule has 1 atom stereocenters. The van der Waals surface area contributed by atoms with Gasteiger partial charge in [0.1, 0.15) is 0 Å². The van der Waals surface area contributed by atoms with Crippen molar-refractivity contribution in [2.24, 2.45) is 0 Å². The average molecular weight is 645 g/mol. The van der Waals surface area contributed by atoms with Crippen LogP contribution < -0.4 is 74.6 Å². The molecule has 10 nitrogen and oxygen atoms in total. The molecule has 0 aromatic carbocycles. The van der Waals surface area contributed by atoms with Crippen LogP contribution in [0.2, 0.25) is 0 Å². The Labute approximate surface area is 310 Å². The van der Waals surface area contributed by atoms with Gasteiger partial charge < -0.3 is 35.1 Å². The number of nitrogens with one attached hydrogen (secondary N) is 1. The van der Waals surface area contributed by atoms with E-state index >= 15 is 0 Å². The van der Waals surface area contributed by atoms with Gasteiger partial charge in [0, 0.05) is 26.3 Å². The Bertz CT molecular complexity index is 741. The van der Waals surface area contributed by atoms with Crippen LogP contribution in [0, 0.1) is 0 Å². The van der Waals surface area contributed by atoms with Crippen LogP contribution >= 0.6 is 0 Å². The van der Waals surface area contributed by atoms with Gasteiger partial charge in [0.15, 0.2) is 0 Å². The molecule has 0 saturated heterocycles. The van der Waals surface area contributed by atoms with Crippen molar-refractivity contribution in [2.45, 2.75) is 161 Å². The van der Waals surface area contributed by atoms with Crippen LogP contribution in [-0.2, 0) is 24.0 Å². The Hall–Kier alpha value is -0.650. The van der Waals surface area contributed by atoms with Gasteiger partial charge in [0.2, 0.25) is 11.8 Å². The van der Waals surface area contributed by atoms with Crippen molar-refractivity contribution in [3.8, 4) is 0 Å². The van der Waals surface area contributed by atoms with E-state index in [0.717, 1.165) is 32.1 Å². The molecule has 0 aliphatic carbocycles. The first-order valence-corrected chi connectivity index (χ1v) is 16.2. The van der Waals surface area contributed by atoms with E-state index in [1.165, 1.54) is 95.4 Å². The second kappa shape index (κ2) is 36.8. The molecule has 0 aromatic rings. The number of hydrogen-bond donors (Lipinski definition) is 2. The third-order valence-corrected chi connectivity index (χ3v) is 7.06. The van der Waals surface area contributed by atoms with Crippen LogP contribution in [0.1, 0.15) is 155 Å². The molecule has 44 heavy (non-hydrogen) atoms. The molecule has 0 heterocycles. The fourth-order valence-corrected chi connectivity index (χ4v) is 4.44. The fourth-order valence-electron chi connectivity index (χ4n) is 4.44. The molecule has 0 spiro atoms. The van der Waals surface area contributed by atoms with E-state index in [2.05, 4.69) is 19.2 Å². The topological polar surface area (TPSA) is 167 Å². The van der Waals surface area contributed by atoms with Gasteiger partial charge in [-0.2, -0.15) is 0 Å². The molecule has 0 rings (SSSR count). The van der Waals surface area contributed by atoms with E-state index < -0.39 is 23.9 Å². The van der Waals surface area contributed by atoms with Crippen molar-refractivity contribution in [3.05, 3.63) is 0 Å². The molecule has 246 valence electrons. The quantitative estimate of drug-likeness (QED) is 0.0775. The monoisotopic (exact) mass is 644 g/mol. The van der Waals surface area contributed by atoms with Crippen molar-refractivity contribution >= 4 is 29.7 Å². The maximum Gasteiger partial charge on any atom is 1.00 e. The number of unbranched alkanes of at least 4 members (excludes halogenated alkanes) is 16. The van der Waals surface area contributed by atoms with Crippen LogP contribution in [-0.4, -0.2) is 59.4 Å². The first-order valence-electron chi connectivity index (χ1n) is 16.2. The largest absolute Gasteiger partial charge is 1.00 e. The van der Waals surface area contributed by atoms with Gasteiger partial charge in [0.25, 0.3) is 0 Å². The van der Waals surface area contributed by atoms with Crippen LogP contribution in [0.25, 0.3) is 0 Å². The summed E-state index contributed by atoms with van der Waals surface area (Å²) in [6.45, 7) is 4.10. The number of carboxylic acids is 3. The Balaban J connectivity index is -0.000000354. The first kappa shape index (κ1) is 50.2. The number of carbonyl (C=O) groups is 5. The van der Waals surface area contributed by atoms with Crippen LogP contribution in [0.4, 0.5) is 0 Å². The maximum absolute atomic E-state index is 11.7. The molecule has 0 aromatic heterocycles. The molecule has 12 heteroatoms. The molecular formula is C32H58N2Na2O8. The Morgan fingerprint density at radius 2 is 1.02 bits per heavy atom. The smallest absolute Gasteiger partial charge is 0.548 e. The number of carbonyl (C=O) groups excluding carboxylic acids is 4. The van der Waals surface area contributed by atoms with Gasteiger partial charge in [-0.1, -0.05) is 117 Å². The van der Waals surface area contributed by atoms with E-state index in [0.29, 0.717) is 6.42 Å². The zero-order chi connectivity index (χ0) is 32.0. The van der Waals surface area contributed by atoms with E-state index in [1.54, 1.807) is 0 Å². The molecule has 2 amide bonds. The third-order valence-electron chi connectivity index (χ3n) is 7.06. The fraction of sp³-hybridized carbons (Fsp3) is 0.844. The number of nitrogens with zero attached hydrogens (tertiary/aromatic N) is 1. The summed E-state index contributed by atoms with van der Waals surface area (Å²) in [5.41, 5.74) is 0. The summed E-state index contributed by atoms with van der Waals surface area (Å²) in [4.78, 5) is 56.0. The van der Waals surface area contributed by atoms with Crippen LogP contribution in [0.5, 0.6) is 0 Å². The summed E-state index contributed by atoms with van der Waals surface area (Å²) in [6, 6.07) is -1.22. The van der Waals surface area contributed by atoms with Gasteiger partial charge in [0.05, 0.1) is 24.5 Å². The van der Waals surface area contributed by atoms with Crippen LogP contribution in [0.3, 0.4) is 0 Å². The normalized spacial score (nSPS) is 10.7. The summed E-state index contributed by atoms with van der Waals surface area (Å²) < 4.78 is 0. The van der Waals surface area contributed by atoms with Gasteiger partial charge >= 0.3 is 65.1 Å². The zero-order valence-electron chi connectivity index (χ0n) is 28.6. The van der Waals surface area contributed by atoms with Gasteiger partial charge in [-0.15, -0.1) is 0 Å². The average Bonchev–Trinajstić information content (AvgIpc) is 2.93. The molecule has 0 fully saturated rings. The van der Waals surface area contributed by atoms with E-state index in [1.807, 2.05) is 0 Å². The summed E-state index contributed by atoms with van der Waals surface area (Å²) in [5.74, 6) is -4.20. The van der Waals surface area contributed by atoms with Crippen molar-refractivity contribution in [1.29, 1.82) is 0 Å². The number of amides is 2. The van der Waals surface area contributed by atoms with Crippen LogP contribution in [0.15, 0.2) is 0 Å². The molecule has 0 radical (unpaired) electrons. The van der Waals surface area contributed by atoms with Gasteiger partial charge in [-0.3, -0.25) is 14.4 Å².